The number of hydrogen-bond donors (Lipinski definition) is 2. The molecule has 6 nitrogen and oxygen atoms in total. The lowest BCUT2D eigenvalue weighted by molar-refractivity contribution is -0.142. The molecule has 1 heterocycles. The largest absolute Gasteiger partial charge is 0.481 e. The van der Waals surface area contributed by atoms with Crippen LogP contribution in [-0.4, -0.2) is 31.1 Å². The Kier molecular flexibility index (Phi) is 4.34. The Balaban J connectivity index is 2.20. The van der Waals surface area contributed by atoms with Crippen LogP contribution in [-0.2, 0) is 4.79 Å². The first-order chi connectivity index (χ1) is 9.00. The summed E-state index contributed by atoms with van der Waals surface area (Å²) in [6.45, 7) is 3.83. The summed E-state index contributed by atoms with van der Waals surface area (Å²) in [7, 11) is 0. The van der Waals surface area contributed by atoms with Crippen LogP contribution in [0.1, 0.15) is 45.6 Å². The Morgan fingerprint density at radius 2 is 2.16 bits per heavy atom. The number of carboxylic acid groups (broad SMARTS) is 1. The summed E-state index contributed by atoms with van der Waals surface area (Å²) in [4.78, 5) is 22.9. The van der Waals surface area contributed by atoms with Crippen molar-refractivity contribution in [3.63, 3.8) is 0 Å². The molecule has 2 unspecified atom stereocenters. The zero-order valence-electron chi connectivity index (χ0n) is 11.1. The molecular formula is C12H19N3O3S. The maximum Gasteiger partial charge on any atom is 0.344 e. The van der Waals surface area contributed by atoms with Crippen molar-refractivity contribution in [1.82, 2.24) is 14.8 Å². The van der Waals surface area contributed by atoms with Crippen LogP contribution in [0.15, 0.2) is 9.95 Å². The van der Waals surface area contributed by atoms with Crippen molar-refractivity contribution < 1.29 is 9.90 Å². The highest BCUT2D eigenvalue weighted by molar-refractivity contribution is 7.99. The van der Waals surface area contributed by atoms with E-state index in [4.69, 9.17) is 0 Å². The SMILES string of the molecule is CC(C)n1c(SC2CCCCC2C(=O)O)n[nH]c1=O. The van der Waals surface area contributed by atoms with Crippen LogP contribution < -0.4 is 5.69 Å². The summed E-state index contributed by atoms with van der Waals surface area (Å²) in [6, 6.07) is 0.0145. The van der Waals surface area contributed by atoms with E-state index in [2.05, 4.69) is 10.2 Å². The van der Waals surface area contributed by atoms with Crippen LogP contribution >= 0.6 is 11.8 Å². The van der Waals surface area contributed by atoms with Gasteiger partial charge in [-0.3, -0.25) is 9.36 Å². The molecule has 0 aromatic carbocycles. The maximum absolute atomic E-state index is 11.7. The topological polar surface area (TPSA) is 88.0 Å². The molecule has 0 bridgehead atoms. The van der Waals surface area contributed by atoms with Gasteiger partial charge in [0.05, 0.1) is 5.92 Å². The molecule has 1 saturated carbocycles. The van der Waals surface area contributed by atoms with Crippen molar-refractivity contribution in [2.24, 2.45) is 5.92 Å². The second kappa shape index (κ2) is 5.81. The first-order valence-electron chi connectivity index (χ1n) is 6.57. The number of aromatic amines is 1. The van der Waals surface area contributed by atoms with E-state index >= 15 is 0 Å². The summed E-state index contributed by atoms with van der Waals surface area (Å²) in [5, 5.41) is 16.3. The molecule has 7 heteroatoms. The zero-order valence-corrected chi connectivity index (χ0v) is 11.9. The van der Waals surface area contributed by atoms with Gasteiger partial charge in [-0.25, -0.2) is 9.89 Å². The molecule has 0 amide bonds. The van der Waals surface area contributed by atoms with Gasteiger partial charge in [0.1, 0.15) is 0 Å². The lowest BCUT2D eigenvalue weighted by Crippen LogP contribution is -2.29. The highest BCUT2D eigenvalue weighted by Crippen LogP contribution is 2.37. The Morgan fingerprint density at radius 3 is 2.79 bits per heavy atom. The van der Waals surface area contributed by atoms with Gasteiger partial charge in [0.2, 0.25) is 0 Å². The fraction of sp³-hybridized carbons (Fsp3) is 0.750. The van der Waals surface area contributed by atoms with Crippen LogP contribution in [0.25, 0.3) is 0 Å². The average molecular weight is 285 g/mol. The molecule has 1 aliphatic carbocycles. The van der Waals surface area contributed by atoms with Crippen LogP contribution in [0, 0.1) is 5.92 Å². The highest BCUT2D eigenvalue weighted by Gasteiger charge is 2.33. The molecule has 1 aliphatic rings. The van der Waals surface area contributed by atoms with Gasteiger partial charge in [-0.15, -0.1) is 5.10 Å². The van der Waals surface area contributed by atoms with Gasteiger partial charge < -0.3 is 5.11 Å². The molecule has 0 spiro atoms. The van der Waals surface area contributed by atoms with E-state index in [9.17, 15) is 14.7 Å². The van der Waals surface area contributed by atoms with E-state index in [1.807, 2.05) is 13.8 Å². The van der Waals surface area contributed by atoms with E-state index in [1.165, 1.54) is 11.8 Å². The Labute approximate surface area is 115 Å². The van der Waals surface area contributed by atoms with Gasteiger partial charge in [-0.2, -0.15) is 0 Å². The molecule has 0 radical (unpaired) electrons. The van der Waals surface area contributed by atoms with Gasteiger partial charge in [0, 0.05) is 11.3 Å². The Morgan fingerprint density at radius 1 is 1.47 bits per heavy atom. The van der Waals surface area contributed by atoms with Crippen LogP contribution in [0.5, 0.6) is 0 Å². The first-order valence-corrected chi connectivity index (χ1v) is 7.45. The first kappa shape index (κ1) is 14.2. The van der Waals surface area contributed by atoms with Crippen molar-refractivity contribution >= 4 is 17.7 Å². The number of hydrogen-bond acceptors (Lipinski definition) is 4. The molecule has 19 heavy (non-hydrogen) atoms. The molecule has 106 valence electrons. The van der Waals surface area contributed by atoms with Gasteiger partial charge in [-0.1, -0.05) is 24.6 Å². The number of thioether (sulfide) groups is 1. The quantitative estimate of drug-likeness (QED) is 0.882. The van der Waals surface area contributed by atoms with E-state index in [1.54, 1.807) is 4.57 Å². The van der Waals surface area contributed by atoms with E-state index in [0.29, 0.717) is 11.6 Å². The second-order valence-electron chi connectivity index (χ2n) is 5.16. The molecular weight excluding hydrogens is 266 g/mol. The molecule has 2 rings (SSSR count). The standard InChI is InChI=1S/C12H19N3O3S/c1-7(2)15-11(18)13-14-12(15)19-9-6-4-3-5-8(9)10(16)17/h7-9H,3-6H2,1-2H3,(H,13,18)(H,16,17). The molecule has 0 saturated heterocycles. The third-order valence-corrected chi connectivity index (χ3v) is 4.83. The van der Waals surface area contributed by atoms with Crippen molar-refractivity contribution in [3.8, 4) is 0 Å². The van der Waals surface area contributed by atoms with Gasteiger partial charge >= 0.3 is 11.7 Å². The van der Waals surface area contributed by atoms with Crippen LogP contribution in [0.4, 0.5) is 0 Å². The fourth-order valence-electron chi connectivity index (χ4n) is 2.48. The van der Waals surface area contributed by atoms with Crippen LogP contribution in [0.3, 0.4) is 0 Å². The number of aliphatic carboxylic acids is 1. The zero-order chi connectivity index (χ0) is 14.0. The smallest absolute Gasteiger partial charge is 0.344 e. The minimum absolute atomic E-state index is 0.000972. The number of carboxylic acids is 1. The minimum Gasteiger partial charge on any atom is -0.481 e. The van der Waals surface area contributed by atoms with Crippen molar-refractivity contribution in [2.75, 3.05) is 0 Å². The third-order valence-electron chi connectivity index (χ3n) is 3.47. The summed E-state index contributed by atoms with van der Waals surface area (Å²) < 4.78 is 1.58. The van der Waals surface area contributed by atoms with E-state index < -0.39 is 5.97 Å². The average Bonchev–Trinajstić information content (AvgIpc) is 2.71. The highest BCUT2D eigenvalue weighted by atomic mass is 32.2. The van der Waals surface area contributed by atoms with Crippen molar-refractivity contribution in [3.05, 3.63) is 10.5 Å². The lowest BCUT2D eigenvalue weighted by Gasteiger charge is -2.27. The predicted octanol–water partition coefficient (Wildman–Crippen LogP) is 1.89. The minimum atomic E-state index is -0.744. The number of carbonyl (C=O) groups is 1. The normalized spacial score (nSPS) is 23.7. The number of rotatable bonds is 4. The number of H-pyrrole nitrogens is 1. The van der Waals surface area contributed by atoms with Crippen LogP contribution in [0.2, 0.25) is 0 Å². The number of aromatic nitrogens is 3. The summed E-state index contributed by atoms with van der Waals surface area (Å²) in [6.07, 6.45) is 3.58. The molecule has 2 N–H and O–H groups in total. The van der Waals surface area contributed by atoms with E-state index in [-0.39, 0.29) is 22.9 Å². The Hall–Kier alpha value is -1.24. The number of nitrogens with one attached hydrogen (secondary N) is 1. The third kappa shape index (κ3) is 3.02. The van der Waals surface area contributed by atoms with Crippen molar-refractivity contribution in [1.29, 1.82) is 0 Å². The van der Waals surface area contributed by atoms with Gasteiger partial charge in [0.15, 0.2) is 5.16 Å². The predicted molar refractivity (Wildman–Crippen MR) is 72.5 cm³/mol. The van der Waals surface area contributed by atoms with Crippen molar-refractivity contribution in [2.45, 2.75) is 56.0 Å². The molecule has 0 aliphatic heterocycles. The maximum atomic E-state index is 11.7. The molecule has 2 atom stereocenters. The Bertz CT molecular complexity index is 509. The van der Waals surface area contributed by atoms with Gasteiger partial charge in [-0.05, 0) is 26.7 Å². The number of nitrogens with zero attached hydrogens (tertiary/aromatic N) is 2. The fourth-order valence-corrected chi connectivity index (χ4v) is 3.96. The van der Waals surface area contributed by atoms with E-state index in [0.717, 1.165) is 19.3 Å². The van der Waals surface area contributed by atoms with Gasteiger partial charge in [0.25, 0.3) is 0 Å². The molecule has 1 fully saturated rings. The molecule has 1 aromatic heterocycles. The second-order valence-corrected chi connectivity index (χ2v) is 6.37. The summed E-state index contributed by atoms with van der Waals surface area (Å²) in [5.74, 6) is -1.09. The summed E-state index contributed by atoms with van der Waals surface area (Å²) >= 11 is 1.42. The summed E-state index contributed by atoms with van der Waals surface area (Å²) in [5.41, 5.74) is -0.236. The monoisotopic (exact) mass is 285 g/mol. The lowest BCUT2D eigenvalue weighted by atomic mass is 9.89. The molecule has 1 aromatic rings.